The van der Waals surface area contributed by atoms with Gasteiger partial charge < -0.3 is 16.0 Å². The molecule has 1 heterocycles. The van der Waals surface area contributed by atoms with Crippen LogP contribution in [0.25, 0.3) is 0 Å². The van der Waals surface area contributed by atoms with Gasteiger partial charge in [0.25, 0.3) is 5.91 Å². The van der Waals surface area contributed by atoms with Crippen molar-refractivity contribution in [2.45, 2.75) is 12.8 Å². The number of piperidine rings is 1. The molecular weight excluding hydrogens is 280 g/mol. The highest BCUT2D eigenvalue weighted by Gasteiger charge is 2.26. The summed E-state index contributed by atoms with van der Waals surface area (Å²) in [6.07, 6.45) is 2.33. The third-order valence-electron chi connectivity index (χ3n) is 3.57. The molecular formula is C13H15ClN4O2. The Labute approximate surface area is 121 Å². The Balaban J connectivity index is 2.20. The number of carbonyl (C=O) groups excluding carboxylic acids is 1. The van der Waals surface area contributed by atoms with Crippen molar-refractivity contribution in [1.82, 2.24) is 0 Å². The molecule has 20 heavy (non-hydrogen) atoms. The molecule has 0 bridgehead atoms. The van der Waals surface area contributed by atoms with Crippen LogP contribution in [-0.2, 0) is 4.79 Å². The van der Waals surface area contributed by atoms with Crippen molar-refractivity contribution in [2.24, 2.45) is 11.1 Å². The van der Waals surface area contributed by atoms with Gasteiger partial charge in [0.1, 0.15) is 0 Å². The van der Waals surface area contributed by atoms with E-state index in [9.17, 15) is 9.70 Å². The molecule has 0 aromatic heterocycles. The van der Waals surface area contributed by atoms with E-state index >= 15 is 0 Å². The smallest absolute Gasteiger partial charge is 0.289 e. The maximum Gasteiger partial charge on any atom is 0.289 e. The van der Waals surface area contributed by atoms with Crippen LogP contribution in [0.2, 0.25) is 5.02 Å². The van der Waals surface area contributed by atoms with E-state index in [-0.39, 0.29) is 5.92 Å². The Bertz CT molecular complexity index is 554. The predicted octanol–water partition coefficient (Wildman–Crippen LogP) is 2.43. The Kier molecular flexibility index (Phi) is 4.34. The number of nitrogens with two attached hydrogens (primary N) is 1. The lowest BCUT2D eigenvalue weighted by molar-refractivity contribution is -0.122. The molecule has 1 saturated heterocycles. The van der Waals surface area contributed by atoms with Crippen LogP contribution in [0, 0.1) is 16.2 Å². The van der Waals surface area contributed by atoms with Crippen LogP contribution >= 0.6 is 11.6 Å². The second kappa shape index (κ2) is 6.00. The molecule has 0 atom stereocenters. The van der Waals surface area contributed by atoms with Gasteiger partial charge in [-0.05, 0) is 25.0 Å². The number of nitrogens with zero attached hydrogens (tertiary/aromatic N) is 2. The highest BCUT2D eigenvalue weighted by Crippen LogP contribution is 2.32. The highest BCUT2D eigenvalue weighted by molar-refractivity contribution is 6.31. The fourth-order valence-corrected chi connectivity index (χ4v) is 2.71. The standard InChI is InChI=1S/C13H15ClN4O2/c14-9-5-11(16)10(7-15)12(6-9)18-3-1-8(2-4-18)13(19)17-20/h5-8,15H,1-4,16H2. The molecule has 3 N–H and O–H groups in total. The first-order chi connectivity index (χ1) is 9.56. The van der Waals surface area contributed by atoms with E-state index in [0.717, 1.165) is 5.69 Å². The van der Waals surface area contributed by atoms with Crippen molar-refractivity contribution in [3.63, 3.8) is 0 Å². The topological polar surface area (TPSA) is 99.6 Å². The highest BCUT2D eigenvalue weighted by atomic mass is 35.5. The number of nitrogens with one attached hydrogen (secondary N) is 1. The molecule has 1 fully saturated rings. The second-order valence-corrected chi connectivity index (χ2v) is 5.20. The van der Waals surface area contributed by atoms with E-state index in [0.29, 0.717) is 42.2 Å². The third kappa shape index (κ3) is 2.80. The normalized spacial score (nSPS) is 15.9. The minimum absolute atomic E-state index is 0.302. The first-order valence-corrected chi connectivity index (χ1v) is 6.66. The van der Waals surface area contributed by atoms with Crippen LogP contribution in [0.4, 0.5) is 11.4 Å². The molecule has 0 aliphatic carbocycles. The summed E-state index contributed by atoms with van der Waals surface area (Å²) in [6, 6.07) is 3.37. The minimum atomic E-state index is -0.581. The number of rotatable bonds is 3. The zero-order chi connectivity index (χ0) is 14.7. The fourth-order valence-electron chi connectivity index (χ4n) is 2.48. The van der Waals surface area contributed by atoms with Crippen LogP contribution in [0.5, 0.6) is 0 Å². The number of nitrogen functional groups attached to an aromatic ring is 1. The predicted molar refractivity (Wildman–Crippen MR) is 79.5 cm³/mol. The van der Waals surface area contributed by atoms with Crippen molar-refractivity contribution >= 4 is 35.1 Å². The molecule has 7 heteroatoms. The molecule has 1 amide bonds. The van der Waals surface area contributed by atoms with Crippen molar-refractivity contribution in [3.05, 3.63) is 27.6 Å². The summed E-state index contributed by atoms with van der Waals surface area (Å²) in [5.74, 6) is -0.883. The summed E-state index contributed by atoms with van der Waals surface area (Å²) >= 11 is 6.01. The van der Waals surface area contributed by atoms with Crippen molar-refractivity contribution in [1.29, 1.82) is 5.41 Å². The lowest BCUT2D eigenvalue weighted by atomic mass is 9.95. The summed E-state index contributed by atoms with van der Waals surface area (Å²) in [6.45, 7) is 1.21. The zero-order valence-electron chi connectivity index (χ0n) is 10.8. The molecule has 0 unspecified atom stereocenters. The maximum absolute atomic E-state index is 11.3. The number of hydrogen-bond acceptors (Lipinski definition) is 5. The Morgan fingerprint density at radius 2 is 2.10 bits per heavy atom. The van der Waals surface area contributed by atoms with Crippen molar-refractivity contribution in [3.8, 4) is 0 Å². The largest absolute Gasteiger partial charge is 0.398 e. The van der Waals surface area contributed by atoms with Gasteiger partial charge in [-0.1, -0.05) is 11.6 Å². The SMILES string of the molecule is N=Cc1c(N)cc(Cl)cc1N1CCC(C(=O)N=O)CC1. The number of carbonyl (C=O) groups is 1. The maximum atomic E-state index is 11.3. The first-order valence-electron chi connectivity index (χ1n) is 6.28. The van der Waals surface area contributed by atoms with Crippen LogP contribution in [-0.4, -0.2) is 25.2 Å². The summed E-state index contributed by atoms with van der Waals surface area (Å²) in [5.41, 5.74) is 7.72. The van der Waals surface area contributed by atoms with Crippen LogP contribution in [0.1, 0.15) is 18.4 Å². The van der Waals surface area contributed by atoms with Gasteiger partial charge in [-0.15, -0.1) is 4.91 Å². The van der Waals surface area contributed by atoms with Gasteiger partial charge in [-0.2, -0.15) is 0 Å². The number of halogens is 1. The van der Waals surface area contributed by atoms with Crippen LogP contribution in [0.15, 0.2) is 17.3 Å². The van der Waals surface area contributed by atoms with E-state index in [1.54, 1.807) is 12.1 Å². The Hall–Kier alpha value is -1.95. The summed E-state index contributed by atoms with van der Waals surface area (Å²) in [4.78, 5) is 23.6. The molecule has 6 nitrogen and oxygen atoms in total. The third-order valence-corrected chi connectivity index (χ3v) is 3.79. The number of amides is 1. The van der Waals surface area contributed by atoms with Crippen LogP contribution < -0.4 is 10.6 Å². The summed E-state index contributed by atoms with van der Waals surface area (Å²) < 4.78 is 0. The molecule has 106 valence electrons. The van der Waals surface area contributed by atoms with Gasteiger partial charge in [0.2, 0.25) is 0 Å². The van der Waals surface area contributed by atoms with E-state index in [4.69, 9.17) is 22.7 Å². The van der Waals surface area contributed by atoms with Gasteiger partial charge in [-0.3, -0.25) is 4.79 Å². The second-order valence-electron chi connectivity index (χ2n) is 4.76. The molecule has 1 aliphatic heterocycles. The van der Waals surface area contributed by atoms with Gasteiger partial charge in [0, 0.05) is 52.4 Å². The van der Waals surface area contributed by atoms with E-state index in [1.165, 1.54) is 6.21 Å². The van der Waals surface area contributed by atoms with E-state index in [1.807, 2.05) is 4.90 Å². The summed E-state index contributed by atoms with van der Waals surface area (Å²) in [5, 5.41) is 10.5. The average Bonchev–Trinajstić information content (AvgIpc) is 2.46. The number of hydrogen-bond donors (Lipinski definition) is 2. The molecule has 0 spiro atoms. The first kappa shape index (κ1) is 14.5. The number of nitroso groups, excluding NO2 is 1. The molecule has 1 aromatic carbocycles. The van der Waals surface area contributed by atoms with Gasteiger partial charge in [-0.25, -0.2) is 0 Å². The Morgan fingerprint density at radius 3 is 2.65 bits per heavy atom. The van der Waals surface area contributed by atoms with Crippen LogP contribution in [0.3, 0.4) is 0 Å². The lowest BCUT2D eigenvalue weighted by Gasteiger charge is -2.33. The zero-order valence-corrected chi connectivity index (χ0v) is 11.6. The molecule has 1 aromatic rings. The summed E-state index contributed by atoms with van der Waals surface area (Å²) in [7, 11) is 0. The molecule has 0 radical (unpaired) electrons. The lowest BCUT2D eigenvalue weighted by Crippen LogP contribution is -2.36. The van der Waals surface area contributed by atoms with Crippen molar-refractivity contribution < 1.29 is 4.79 Å². The number of anilines is 2. The minimum Gasteiger partial charge on any atom is -0.398 e. The Morgan fingerprint density at radius 1 is 1.45 bits per heavy atom. The average molecular weight is 295 g/mol. The monoisotopic (exact) mass is 294 g/mol. The molecule has 0 saturated carbocycles. The number of benzene rings is 1. The van der Waals surface area contributed by atoms with Gasteiger partial charge in [0.15, 0.2) is 0 Å². The quantitative estimate of drug-likeness (QED) is 0.508. The van der Waals surface area contributed by atoms with E-state index < -0.39 is 5.91 Å². The van der Waals surface area contributed by atoms with Gasteiger partial charge >= 0.3 is 0 Å². The van der Waals surface area contributed by atoms with Gasteiger partial charge in [0.05, 0.1) is 0 Å². The molecule has 2 rings (SSSR count). The van der Waals surface area contributed by atoms with E-state index in [2.05, 4.69) is 5.18 Å². The fraction of sp³-hybridized carbons (Fsp3) is 0.385. The molecule has 1 aliphatic rings. The van der Waals surface area contributed by atoms with Crippen molar-refractivity contribution in [2.75, 3.05) is 23.7 Å².